The summed E-state index contributed by atoms with van der Waals surface area (Å²) in [5.74, 6) is 0.150. The molecule has 0 aliphatic rings. The fourth-order valence-corrected chi connectivity index (χ4v) is 4.81. The summed E-state index contributed by atoms with van der Waals surface area (Å²) in [7, 11) is 4.44. The maximum absolute atomic E-state index is 13.7. The molecule has 1 heterocycles. The molecule has 0 unspecified atom stereocenters. The van der Waals surface area contributed by atoms with Crippen molar-refractivity contribution in [3.63, 3.8) is 0 Å². The van der Waals surface area contributed by atoms with Crippen LogP contribution in [0.1, 0.15) is 21.5 Å². The monoisotopic (exact) mass is 622 g/mol. The number of carbonyl (C=O) groups is 3. The number of nitrogens with one attached hydrogen (secondary N) is 2. The van der Waals surface area contributed by atoms with Crippen molar-refractivity contribution in [1.29, 1.82) is 0 Å². The van der Waals surface area contributed by atoms with Crippen molar-refractivity contribution >= 4 is 46.3 Å². The van der Waals surface area contributed by atoms with Gasteiger partial charge in [0.2, 0.25) is 11.8 Å². The lowest BCUT2D eigenvalue weighted by atomic mass is 10.1. The molecule has 5 aromatic rings. The molecule has 0 aliphatic heterocycles. The second-order valence-corrected chi connectivity index (χ2v) is 10.4. The van der Waals surface area contributed by atoms with Gasteiger partial charge >= 0.3 is 5.97 Å². The van der Waals surface area contributed by atoms with Crippen LogP contribution < -0.4 is 20.1 Å². The van der Waals surface area contributed by atoms with Crippen LogP contribution in [0.15, 0.2) is 95.4 Å². The summed E-state index contributed by atoms with van der Waals surface area (Å²) in [6.45, 7) is 0.0773. The van der Waals surface area contributed by atoms with Gasteiger partial charge in [-0.05, 0) is 78.2 Å². The molecular weight excluding hydrogens is 588 g/mol. The van der Waals surface area contributed by atoms with Crippen LogP contribution in [0.3, 0.4) is 0 Å². The fraction of sp³-hybridized carbons (Fsp3) is 0.200. The van der Waals surface area contributed by atoms with E-state index in [1.54, 1.807) is 56.7 Å². The summed E-state index contributed by atoms with van der Waals surface area (Å²) in [5, 5.41) is 5.94. The summed E-state index contributed by atoms with van der Waals surface area (Å²) >= 11 is 0. The van der Waals surface area contributed by atoms with Crippen LogP contribution in [0, 0.1) is 0 Å². The molecule has 0 spiro atoms. The number of hydrogen-bond acceptors (Lipinski definition) is 9. The van der Waals surface area contributed by atoms with E-state index in [0.29, 0.717) is 51.8 Å². The number of benzene rings is 4. The lowest BCUT2D eigenvalue weighted by molar-refractivity contribution is -0.134. The van der Waals surface area contributed by atoms with E-state index < -0.39 is 5.97 Å². The third-order valence-electron chi connectivity index (χ3n) is 7.19. The van der Waals surface area contributed by atoms with E-state index >= 15 is 0 Å². The zero-order valence-electron chi connectivity index (χ0n) is 25.7. The minimum atomic E-state index is -0.476. The van der Waals surface area contributed by atoms with Crippen molar-refractivity contribution < 1.29 is 33.0 Å². The normalized spacial score (nSPS) is 10.7. The van der Waals surface area contributed by atoms with Gasteiger partial charge in [0.15, 0.2) is 5.58 Å². The molecule has 2 N–H and O–H groups in total. The number of anilines is 3. The van der Waals surface area contributed by atoms with Gasteiger partial charge in [-0.25, -0.2) is 4.79 Å². The van der Waals surface area contributed by atoms with Gasteiger partial charge in [-0.2, -0.15) is 4.98 Å². The molecule has 1 aromatic heterocycles. The van der Waals surface area contributed by atoms with E-state index in [4.69, 9.17) is 18.6 Å². The number of aromatic nitrogens is 1. The number of amides is 2. The Morgan fingerprint density at radius 1 is 0.804 bits per heavy atom. The number of carbonyl (C=O) groups excluding carboxylic acids is 3. The molecule has 0 saturated heterocycles. The van der Waals surface area contributed by atoms with Crippen LogP contribution in [0.5, 0.6) is 11.5 Å². The number of oxazole rings is 1. The van der Waals surface area contributed by atoms with Crippen molar-refractivity contribution in [3.8, 4) is 11.5 Å². The van der Waals surface area contributed by atoms with Crippen molar-refractivity contribution in [1.82, 2.24) is 9.88 Å². The molecule has 0 bridgehead atoms. The van der Waals surface area contributed by atoms with E-state index in [9.17, 15) is 14.4 Å². The van der Waals surface area contributed by atoms with Crippen LogP contribution in [-0.4, -0.2) is 62.1 Å². The lowest BCUT2D eigenvalue weighted by Gasteiger charge is -2.23. The molecule has 0 aliphatic carbocycles. The second-order valence-electron chi connectivity index (χ2n) is 10.4. The predicted molar refractivity (Wildman–Crippen MR) is 174 cm³/mol. The number of methoxy groups -OCH3 is 3. The average Bonchev–Trinajstić information content (AvgIpc) is 3.48. The van der Waals surface area contributed by atoms with Crippen molar-refractivity contribution in [2.75, 3.05) is 45.1 Å². The van der Waals surface area contributed by atoms with Gasteiger partial charge in [-0.3, -0.25) is 9.59 Å². The summed E-state index contributed by atoms with van der Waals surface area (Å²) < 4.78 is 21.4. The third kappa shape index (κ3) is 8.20. The minimum absolute atomic E-state index is 0.0423. The Hall–Kier alpha value is -5.84. The standard InChI is InChI=1S/C35H34N4O7/c1-43-28-17-24(18-29(21-28)44-2)15-16-39(22-32(40)36-27-12-10-25(11-13-27)34(42)45-3)33(41)20-23-9-14-30-31(19-23)46-35(38-30)37-26-7-5-4-6-8-26/h4-14,17-19,21H,15-16,20,22H2,1-3H3,(H,36,40)(H,37,38). The van der Waals surface area contributed by atoms with Gasteiger partial charge < -0.3 is 34.2 Å². The van der Waals surface area contributed by atoms with Gasteiger partial charge in [0.05, 0.1) is 39.9 Å². The molecule has 11 heteroatoms. The van der Waals surface area contributed by atoms with Gasteiger partial charge in [0, 0.05) is 24.0 Å². The third-order valence-corrected chi connectivity index (χ3v) is 7.19. The van der Waals surface area contributed by atoms with E-state index in [1.165, 1.54) is 12.0 Å². The number of fused-ring (bicyclic) bond motifs is 1. The van der Waals surface area contributed by atoms with Crippen molar-refractivity contribution in [3.05, 3.63) is 108 Å². The lowest BCUT2D eigenvalue weighted by Crippen LogP contribution is -2.40. The second kappa shape index (κ2) is 14.8. The first-order chi connectivity index (χ1) is 22.3. The van der Waals surface area contributed by atoms with E-state index in [2.05, 4.69) is 15.6 Å². The summed E-state index contributed by atoms with van der Waals surface area (Å²) in [5.41, 5.74) is 4.46. The minimum Gasteiger partial charge on any atom is -0.497 e. The Morgan fingerprint density at radius 2 is 1.52 bits per heavy atom. The van der Waals surface area contributed by atoms with Crippen LogP contribution in [-0.2, 0) is 27.2 Å². The summed E-state index contributed by atoms with van der Waals surface area (Å²) in [6.07, 6.45) is 0.497. The van der Waals surface area contributed by atoms with Crippen LogP contribution >= 0.6 is 0 Å². The number of ether oxygens (including phenoxy) is 3. The number of esters is 1. The van der Waals surface area contributed by atoms with Gasteiger partial charge in [-0.15, -0.1) is 0 Å². The highest BCUT2D eigenvalue weighted by Gasteiger charge is 2.19. The molecule has 0 saturated carbocycles. The van der Waals surface area contributed by atoms with Crippen LogP contribution in [0.2, 0.25) is 0 Å². The Kier molecular flexibility index (Phi) is 10.1. The quantitative estimate of drug-likeness (QED) is 0.160. The molecule has 236 valence electrons. The first-order valence-electron chi connectivity index (χ1n) is 14.5. The molecule has 2 amide bonds. The highest BCUT2D eigenvalue weighted by Crippen LogP contribution is 2.25. The molecular formula is C35H34N4O7. The van der Waals surface area contributed by atoms with Crippen LogP contribution in [0.25, 0.3) is 11.1 Å². The highest BCUT2D eigenvalue weighted by molar-refractivity contribution is 5.96. The van der Waals surface area contributed by atoms with Gasteiger partial charge in [0.1, 0.15) is 17.0 Å². The maximum atomic E-state index is 13.7. The average molecular weight is 623 g/mol. The first kappa shape index (κ1) is 31.6. The smallest absolute Gasteiger partial charge is 0.337 e. The molecule has 5 rings (SSSR count). The molecule has 0 fully saturated rings. The van der Waals surface area contributed by atoms with Crippen molar-refractivity contribution in [2.24, 2.45) is 0 Å². The Balaban J connectivity index is 1.31. The van der Waals surface area contributed by atoms with E-state index in [1.807, 2.05) is 48.5 Å². The largest absolute Gasteiger partial charge is 0.497 e. The molecule has 0 atom stereocenters. The highest BCUT2D eigenvalue weighted by atomic mass is 16.5. The Labute approximate surface area is 266 Å². The Bertz CT molecular complexity index is 1800. The van der Waals surface area contributed by atoms with Gasteiger partial charge in [-0.1, -0.05) is 24.3 Å². The van der Waals surface area contributed by atoms with Gasteiger partial charge in [0.25, 0.3) is 6.01 Å². The maximum Gasteiger partial charge on any atom is 0.337 e. The zero-order valence-corrected chi connectivity index (χ0v) is 25.7. The number of nitrogens with zero attached hydrogens (tertiary/aromatic N) is 2. The zero-order chi connectivity index (χ0) is 32.5. The van der Waals surface area contributed by atoms with Crippen LogP contribution in [0.4, 0.5) is 17.4 Å². The summed E-state index contributed by atoms with van der Waals surface area (Å²) in [6, 6.07) is 27.1. The topological polar surface area (TPSA) is 132 Å². The Morgan fingerprint density at radius 3 is 2.20 bits per heavy atom. The number of para-hydroxylation sites is 1. The first-order valence-corrected chi connectivity index (χ1v) is 14.5. The predicted octanol–water partition coefficient (Wildman–Crippen LogP) is 5.63. The molecule has 46 heavy (non-hydrogen) atoms. The number of hydrogen-bond donors (Lipinski definition) is 2. The van der Waals surface area contributed by atoms with E-state index in [-0.39, 0.29) is 31.3 Å². The summed E-state index contributed by atoms with van der Waals surface area (Å²) in [4.78, 5) is 44.6. The molecule has 0 radical (unpaired) electrons. The number of rotatable bonds is 13. The van der Waals surface area contributed by atoms with Crippen molar-refractivity contribution in [2.45, 2.75) is 12.8 Å². The fourth-order valence-electron chi connectivity index (χ4n) is 4.81. The SMILES string of the molecule is COC(=O)c1ccc(NC(=O)CN(CCc2cc(OC)cc(OC)c2)C(=O)Cc2ccc3nc(Nc4ccccc4)oc3c2)cc1. The molecule has 4 aromatic carbocycles. The molecule has 11 nitrogen and oxygen atoms in total. The van der Waals surface area contributed by atoms with E-state index in [0.717, 1.165) is 11.3 Å².